The van der Waals surface area contributed by atoms with Gasteiger partial charge in [0.25, 0.3) is 0 Å². The molecule has 1 fully saturated rings. The number of benzene rings is 1. The number of hydrogen-bond acceptors (Lipinski definition) is 1. The van der Waals surface area contributed by atoms with Gasteiger partial charge in [0, 0.05) is 10.9 Å². The van der Waals surface area contributed by atoms with E-state index >= 15 is 0 Å². The van der Waals surface area contributed by atoms with Crippen molar-refractivity contribution in [3.8, 4) is 0 Å². The Morgan fingerprint density at radius 2 is 1.92 bits per heavy atom. The molecule has 1 nitrogen and oxygen atoms in total. The second-order valence-electron chi connectivity index (χ2n) is 3.36. The normalized spacial score (nSPS) is 18.8. The van der Waals surface area contributed by atoms with Gasteiger partial charge in [-0.15, -0.1) is 0 Å². The zero-order chi connectivity index (χ0) is 9.10. The predicted molar refractivity (Wildman–Crippen MR) is 55.9 cm³/mol. The summed E-state index contributed by atoms with van der Waals surface area (Å²) in [6, 6.07) is 8.15. The van der Waals surface area contributed by atoms with E-state index in [1.165, 1.54) is 11.5 Å². The van der Waals surface area contributed by atoms with E-state index in [2.05, 4.69) is 17.4 Å². The Kier molecular flexibility index (Phi) is 2.87. The third-order valence-corrected chi connectivity index (χ3v) is 2.68. The maximum Gasteiger partial charge on any atom is 0.0408 e. The molecule has 0 bridgehead atoms. The summed E-state index contributed by atoms with van der Waals surface area (Å²) < 4.78 is 0. The average molecular weight is 195 g/mol. The van der Waals surface area contributed by atoms with E-state index in [4.69, 9.17) is 11.6 Å². The van der Waals surface area contributed by atoms with Crippen molar-refractivity contribution in [2.45, 2.75) is 12.8 Å². The molecule has 1 aliphatic rings. The van der Waals surface area contributed by atoms with Crippen molar-refractivity contribution >= 4 is 11.6 Å². The van der Waals surface area contributed by atoms with Crippen LogP contribution >= 0.6 is 11.6 Å². The number of nitrogens with one attached hydrogen (secondary N) is 1. The van der Waals surface area contributed by atoms with Crippen molar-refractivity contribution in [3.63, 3.8) is 0 Å². The summed E-state index contributed by atoms with van der Waals surface area (Å²) in [5.41, 5.74) is 1.31. The quantitative estimate of drug-likeness (QED) is 0.725. The van der Waals surface area contributed by atoms with Crippen LogP contribution in [0.3, 0.4) is 0 Å². The van der Waals surface area contributed by atoms with Gasteiger partial charge in [-0.1, -0.05) is 23.7 Å². The summed E-state index contributed by atoms with van der Waals surface area (Å²) in [7, 11) is 0. The van der Waals surface area contributed by atoms with Crippen LogP contribution in [0.15, 0.2) is 24.3 Å². The molecular formula is C11H13ClN. The number of hydrogen-bond donors (Lipinski definition) is 1. The van der Waals surface area contributed by atoms with Gasteiger partial charge in [0.1, 0.15) is 0 Å². The Hall–Kier alpha value is -0.530. The van der Waals surface area contributed by atoms with Crippen molar-refractivity contribution in [3.05, 3.63) is 40.8 Å². The van der Waals surface area contributed by atoms with Gasteiger partial charge in [0.15, 0.2) is 0 Å². The Bertz CT molecular complexity index is 279. The topological polar surface area (TPSA) is 12.0 Å². The van der Waals surface area contributed by atoms with Gasteiger partial charge in [-0.25, -0.2) is 0 Å². The highest BCUT2D eigenvalue weighted by molar-refractivity contribution is 6.30. The Morgan fingerprint density at radius 1 is 1.15 bits per heavy atom. The molecule has 1 aromatic carbocycles. The molecule has 0 spiro atoms. The van der Waals surface area contributed by atoms with E-state index in [9.17, 15) is 0 Å². The molecule has 1 saturated heterocycles. The zero-order valence-electron chi connectivity index (χ0n) is 7.52. The van der Waals surface area contributed by atoms with Gasteiger partial charge in [-0.2, -0.15) is 0 Å². The van der Waals surface area contributed by atoms with Gasteiger partial charge in [-0.05, 0) is 43.6 Å². The number of halogens is 1. The minimum Gasteiger partial charge on any atom is -0.317 e. The van der Waals surface area contributed by atoms with Crippen LogP contribution in [0.4, 0.5) is 0 Å². The average Bonchev–Trinajstić information content (AvgIpc) is 2.19. The molecule has 1 radical (unpaired) electrons. The molecule has 0 aliphatic carbocycles. The molecule has 0 aromatic heterocycles. The smallest absolute Gasteiger partial charge is 0.0408 e. The third-order valence-electron chi connectivity index (χ3n) is 2.44. The highest BCUT2D eigenvalue weighted by Crippen LogP contribution is 2.25. The SMILES string of the molecule is Clc1cccc([C]2CCNCC2)c1. The zero-order valence-corrected chi connectivity index (χ0v) is 8.27. The lowest BCUT2D eigenvalue weighted by Gasteiger charge is -2.22. The summed E-state index contributed by atoms with van der Waals surface area (Å²) in [5, 5.41) is 4.18. The molecule has 1 N–H and O–H groups in total. The van der Waals surface area contributed by atoms with Crippen molar-refractivity contribution in [2.75, 3.05) is 13.1 Å². The van der Waals surface area contributed by atoms with Crippen LogP contribution in [0.25, 0.3) is 0 Å². The van der Waals surface area contributed by atoms with Gasteiger partial charge >= 0.3 is 0 Å². The molecule has 2 rings (SSSR count). The number of rotatable bonds is 1. The first kappa shape index (κ1) is 9.04. The summed E-state index contributed by atoms with van der Waals surface area (Å²) in [4.78, 5) is 0. The second-order valence-corrected chi connectivity index (χ2v) is 3.80. The monoisotopic (exact) mass is 194 g/mol. The van der Waals surface area contributed by atoms with Crippen LogP contribution in [-0.4, -0.2) is 13.1 Å². The molecule has 0 saturated carbocycles. The minimum atomic E-state index is 0.837. The summed E-state index contributed by atoms with van der Waals surface area (Å²) in [6.07, 6.45) is 2.31. The molecule has 0 unspecified atom stereocenters. The van der Waals surface area contributed by atoms with Crippen molar-refractivity contribution in [1.82, 2.24) is 5.32 Å². The molecule has 0 amide bonds. The molecule has 13 heavy (non-hydrogen) atoms. The van der Waals surface area contributed by atoms with Gasteiger partial charge in [-0.3, -0.25) is 0 Å². The lowest BCUT2D eigenvalue weighted by molar-refractivity contribution is 0.565. The first-order chi connectivity index (χ1) is 6.36. The Balaban J connectivity index is 2.14. The standard InChI is InChI=1S/C11H13ClN/c12-11-3-1-2-10(8-11)9-4-6-13-7-5-9/h1-3,8,13H,4-7H2. The molecule has 69 valence electrons. The van der Waals surface area contributed by atoms with Crippen molar-refractivity contribution in [1.29, 1.82) is 0 Å². The summed E-state index contributed by atoms with van der Waals surface area (Å²) >= 11 is 5.94. The van der Waals surface area contributed by atoms with Crippen LogP contribution in [0.2, 0.25) is 5.02 Å². The fraction of sp³-hybridized carbons (Fsp3) is 0.364. The van der Waals surface area contributed by atoms with Crippen molar-refractivity contribution in [2.24, 2.45) is 0 Å². The first-order valence-corrected chi connectivity index (χ1v) is 5.05. The van der Waals surface area contributed by atoms with Crippen LogP contribution in [-0.2, 0) is 0 Å². The van der Waals surface area contributed by atoms with Gasteiger partial charge in [0.2, 0.25) is 0 Å². The molecule has 0 atom stereocenters. The van der Waals surface area contributed by atoms with Crippen molar-refractivity contribution < 1.29 is 0 Å². The molecular weight excluding hydrogens is 182 g/mol. The minimum absolute atomic E-state index is 0.837. The van der Waals surface area contributed by atoms with E-state index < -0.39 is 0 Å². The van der Waals surface area contributed by atoms with Crippen LogP contribution in [0.1, 0.15) is 18.4 Å². The van der Waals surface area contributed by atoms with Crippen LogP contribution in [0, 0.1) is 5.92 Å². The predicted octanol–water partition coefficient (Wildman–Crippen LogP) is 2.65. The molecule has 1 aromatic rings. The maximum absolute atomic E-state index is 5.94. The lowest BCUT2D eigenvalue weighted by Crippen LogP contribution is -2.27. The van der Waals surface area contributed by atoms with Gasteiger partial charge < -0.3 is 5.32 Å². The molecule has 1 aliphatic heterocycles. The number of piperidine rings is 1. The molecule has 1 heterocycles. The summed E-state index contributed by atoms with van der Waals surface area (Å²) in [5.74, 6) is 1.53. The third kappa shape index (κ3) is 2.23. The fourth-order valence-electron chi connectivity index (χ4n) is 1.73. The summed E-state index contributed by atoms with van der Waals surface area (Å²) in [6.45, 7) is 2.20. The largest absolute Gasteiger partial charge is 0.317 e. The molecule has 2 heteroatoms. The second kappa shape index (κ2) is 4.12. The van der Waals surface area contributed by atoms with E-state index in [-0.39, 0.29) is 0 Å². The van der Waals surface area contributed by atoms with Gasteiger partial charge in [0.05, 0.1) is 0 Å². The Morgan fingerprint density at radius 3 is 2.62 bits per heavy atom. The van der Waals surface area contributed by atoms with Crippen LogP contribution in [0.5, 0.6) is 0 Å². The fourth-order valence-corrected chi connectivity index (χ4v) is 1.92. The lowest BCUT2D eigenvalue weighted by atomic mass is 9.90. The maximum atomic E-state index is 5.94. The van der Waals surface area contributed by atoms with E-state index in [1.54, 1.807) is 0 Å². The van der Waals surface area contributed by atoms with Crippen LogP contribution < -0.4 is 5.32 Å². The first-order valence-electron chi connectivity index (χ1n) is 4.67. The van der Waals surface area contributed by atoms with E-state index in [0.717, 1.165) is 31.0 Å². The van der Waals surface area contributed by atoms with E-state index in [1.807, 2.05) is 12.1 Å². The van der Waals surface area contributed by atoms with E-state index in [0.29, 0.717) is 0 Å². The highest BCUT2D eigenvalue weighted by Gasteiger charge is 2.15. The highest BCUT2D eigenvalue weighted by atomic mass is 35.5. The Labute approximate surface area is 84.1 Å².